The molecule has 0 heterocycles. The van der Waals surface area contributed by atoms with E-state index in [1.165, 1.54) is 0 Å². The van der Waals surface area contributed by atoms with E-state index in [2.05, 4.69) is 15.9 Å². The standard InChI is InChI=1S/C9H9BrO4/c10-7-3-6(4-11)1-2-8(7)14-5-9(12)13/h1-3,11H,4-5H2,(H,12,13). The fourth-order valence-corrected chi connectivity index (χ4v) is 1.44. The van der Waals surface area contributed by atoms with Gasteiger partial charge in [0.05, 0.1) is 11.1 Å². The van der Waals surface area contributed by atoms with Crippen LogP contribution in [0.5, 0.6) is 5.75 Å². The number of aliphatic hydroxyl groups is 1. The van der Waals surface area contributed by atoms with Crippen molar-refractivity contribution in [1.82, 2.24) is 0 Å². The highest BCUT2D eigenvalue weighted by atomic mass is 79.9. The minimum Gasteiger partial charge on any atom is -0.481 e. The summed E-state index contributed by atoms with van der Waals surface area (Å²) in [5, 5.41) is 17.2. The van der Waals surface area contributed by atoms with Crippen molar-refractivity contribution in [3.05, 3.63) is 28.2 Å². The molecule has 2 N–H and O–H groups in total. The molecule has 0 fully saturated rings. The maximum atomic E-state index is 10.2. The van der Waals surface area contributed by atoms with Gasteiger partial charge in [-0.1, -0.05) is 6.07 Å². The molecule has 0 radical (unpaired) electrons. The predicted molar refractivity (Wildman–Crippen MR) is 53.2 cm³/mol. The lowest BCUT2D eigenvalue weighted by Crippen LogP contribution is -2.09. The number of hydrogen-bond donors (Lipinski definition) is 2. The molecular formula is C9H9BrO4. The van der Waals surface area contributed by atoms with Crippen molar-refractivity contribution in [2.45, 2.75) is 6.61 Å². The Kier molecular flexibility index (Phi) is 3.91. The molecular weight excluding hydrogens is 252 g/mol. The molecule has 0 saturated heterocycles. The lowest BCUT2D eigenvalue weighted by molar-refractivity contribution is -0.139. The second-order valence-corrected chi connectivity index (χ2v) is 3.46. The van der Waals surface area contributed by atoms with Crippen LogP contribution in [0.25, 0.3) is 0 Å². The van der Waals surface area contributed by atoms with Crippen LogP contribution in [-0.2, 0) is 11.4 Å². The first-order chi connectivity index (χ1) is 6.63. The summed E-state index contributed by atoms with van der Waals surface area (Å²) in [5.41, 5.74) is 0.736. The smallest absolute Gasteiger partial charge is 0.341 e. The Morgan fingerprint density at radius 3 is 2.71 bits per heavy atom. The van der Waals surface area contributed by atoms with E-state index in [0.717, 1.165) is 5.56 Å². The van der Waals surface area contributed by atoms with Gasteiger partial charge in [0.2, 0.25) is 0 Å². The number of hydrogen-bond acceptors (Lipinski definition) is 3. The van der Waals surface area contributed by atoms with E-state index in [9.17, 15) is 4.79 Å². The molecule has 0 bridgehead atoms. The van der Waals surface area contributed by atoms with Crippen molar-refractivity contribution >= 4 is 21.9 Å². The largest absolute Gasteiger partial charge is 0.481 e. The van der Waals surface area contributed by atoms with E-state index in [4.69, 9.17) is 14.9 Å². The highest BCUT2D eigenvalue weighted by Crippen LogP contribution is 2.25. The van der Waals surface area contributed by atoms with Gasteiger partial charge in [-0.25, -0.2) is 4.79 Å². The van der Waals surface area contributed by atoms with Gasteiger partial charge in [-0.15, -0.1) is 0 Å². The Morgan fingerprint density at radius 2 is 2.21 bits per heavy atom. The van der Waals surface area contributed by atoms with Crippen LogP contribution < -0.4 is 4.74 Å². The molecule has 0 spiro atoms. The fraction of sp³-hybridized carbons (Fsp3) is 0.222. The monoisotopic (exact) mass is 260 g/mol. The second-order valence-electron chi connectivity index (χ2n) is 2.61. The topological polar surface area (TPSA) is 66.8 Å². The van der Waals surface area contributed by atoms with E-state index in [1.807, 2.05) is 0 Å². The summed E-state index contributed by atoms with van der Waals surface area (Å²) >= 11 is 3.21. The zero-order chi connectivity index (χ0) is 10.6. The fourth-order valence-electron chi connectivity index (χ4n) is 0.899. The number of carboxylic acids is 1. The number of carbonyl (C=O) groups is 1. The van der Waals surface area contributed by atoms with E-state index in [-0.39, 0.29) is 13.2 Å². The van der Waals surface area contributed by atoms with Gasteiger partial charge in [-0.05, 0) is 33.6 Å². The molecule has 4 nitrogen and oxygen atoms in total. The van der Waals surface area contributed by atoms with Crippen molar-refractivity contribution in [3.63, 3.8) is 0 Å². The van der Waals surface area contributed by atoms with E-state index >= 15 is 0 Å². The summed E-state index contributed by atoms with van der Waals surface area (Å²) in [5.74, 6) is -0.576. The van der Waals surface area contributed by atoms with Crippen LogP contribution in [0.3, 0.4) is 0 Å². The summed E-state index contributed by atoms with van der Waals surface area (Å²) < 4.78 is 5.60. The molecule has 0 aromatic heterocycles. The third-order valence-electron chi connectivity index (χ3n) is 1.53. The molecule has 14 heavy (non-hydrogen) atoms. The Balaban J connectivity index is 2.73. The van der Waals surface area contributed by atoms with Gasteiger partial charge in [0.1, 0.15) is 5.75 Å². The van der Waals surface area contributed by atoms with Crippen LogP contribution in [0.1, 0.15) is 5.56 Å². The number of rotatable bonds is 4. The molecule has 0 aliphatic carbocycles. The van der Waals surface area contributed by atoms with Gasteiger partial charge < -0.3 is 14.9 Å². The number of aliphatic hydroxyl groups excluding tert-OH is 1. The van der Waals surface area contributed by atoms with Crippen molar-refractivity contribution < 1.29 is 19.7 Å². The predicted octanol–water partition coefficient (Wildman–Crippen LogP) is 1.40. The number of ether oxygens (including phenoxy) is 1. The summed E-state index contributed by atoms with van der Waals surface area (Å²) in [7, 11) is 0. The maximum Gasteiger partial charge on any atom is 0.341 e. The maximum absolute atomic E-state index is 10.2. The molecule has 1 rings (SSSR count). The zero-order valence-corrected chi connectivity index (χ0v) is 8.82. The molecule has 5 heteroatoms. The molecule has 0 aliphatic rings. The van der Waals surface area contributed by atoms with Crippen LogP contribution in [-0.4, -0.2) is 22.8 Å². The molecule has 0 aliphatic heterocycles. The van der Waals surface area contributed by atoms with Crippen LogP contribution in [0.2, 0.25) is 0 Å². The highest BCUT2D eigenvalue weighted by molar-refractivity contribution is 9.10. The normalized spacial score (nSPS) is 9.86. The molecule has 0 atom stereocenters. The minimum absolute atomic E-state index is 0.0577. The first kappa shape index (κ1) is 11.0. The Labute approximate surface area is 89.3 Å². The summed E-state index contributed by atoms with van der Waals surface area (Å²) in [6.07, 6.45) is 0. The van der Waals surface area contributed by atoms with Crippen LogP contribution >= 0.6 is 15.9 Å². The lowest BCUT2D eigenvalue weighted by atomic mass is 10.2. The average molecular weight is 261 g/mol. The number of carboxylic acid groups (broad SMARTS) is 1. The Morgan fingerprint density at radius 1 is 1.50 bits per heavy atom. The van der Waals surface area contributed by atoms with Crippen molar-refractivity contribution in [2.75, 3.05) is 6.61 Å². The van der Waals surface area contributed by atoms with Crippen LogP contribution in [0.15, 0.2) is 22.7 Å². The van der Waals surface area contributed by atoms with Crippen molar-refractivity contribution in [2.24, 2.45) is 0 Å². The van der Waals surface area contributed by atoms with Gasteiger partial charge in [0.25, 0.3) is 0 Å². The van der Waals surface area contributed by atoms with Gasteiger partial charge >= 0.3 is 5.97 Å². The third-order valence-corrected chi connectivity index (χ3v) is 2.15. The van der Waals surface area contributed by atoms with E-state index in [1.54, 1.807) is 18.2 Å². The van der Waals surface area contributed by atoms with Gasteiger partial charge in [0, 0.05) is 0 Å². The Bertz CT molecular complexity index is 338. The first-order valence-electron chi connectivity index (χ1n) is 3.87. The third kappa shape index (κ3) is 3.01. The second kappa shape index (κ2) is 4.97. The molecule has 0 unspecified atom stereocenters. The zero-order valence-electron chi connectivity index (χ0n) is 7.24. The van der Waals surface area contributed by atoms with Crippen LogP contribution in [0, 0.1) is 0 Å². The Hall–Kier alpha value is -1.07. The van der Waals surface area contributed by atoms with E-state index in [0.29, 0.717) is 10.2 Å². The summed E-state index contributed by atoms with van der Waals surface area (Å²) in [6, 6.07) is 4.96. The summed E-state index contributed by atoms with van der Waals surface area (Å²) in [4.78, 5) is 10.2. The van der Waals surface area contributed by atoms with Crippen molar-refractivity contribution in [3.8, 4) is 5.75 Å². The average Bonchev–Trinajstić information content (AvgIpc) is 2.15. The van der Waals surface area contributed by atoms with E-state index < -0.39 is 5.97 Å². The summed E-state index contributed by atoms with van der Waals surface area (Å²) in [6.45, 7) is -0.436. The lowest BCUT2D eigenvalue weighted by Gasteiger charge is -2.06. The molecule has 0 saturated carbocycles. The highest BCUT2D eigenvalue weighted by Gasteiger charge is 2.04. The molecule has 1 aromatic rings. The minimum atomic E-state index is -1.02. The number of halogens is 1. The number of aliphatic carboxylic acids is 1. The van der Waals surface area contributed by atoms with Gasteiger partial charge in [-0.3, -0.25) is 0 Å². The van der Waals surface area contributed by atoms with Crippen molar-refractivity contribution in [1.29, 1.82) is 0 Å². The molecule has 0 amide bonds. The quantitative estimate of drug-likeness (QED) is 0.859. The number of benzene rings is 1. The molecule has 1 aromatic carbocycles. The van der Waals surface area contributed by atoms with Gasteiger partial charge in [-0.2, -0.15) is 0 Å². The first-order valence-corrected chi connectivity index (χ1v) is 4.66. The molecule has 76 valence electrons. The van der Waals surface area contributed by atoms with Crippen LogP contribution in [0.4, 0.5) is 0 Å². The SMILES string of the molecule is O=C(O)COc1ccc(CO)cc1Br. The van der Waals surface area contributed by atoms with Gasteiger partial charge in [0.15, 0.2) is 6.61 Å².